The normalized spacial score (nSPS) is 24.0. The molecule has 3 heterocycles. The Kier molecular flexibility index (Phi) is 5.09. The zero-order valence-electron chi connectivity index (χ0n) is 15.6. The van der Waals surface area contributed by atoms with Crippen LogP contribution in [0.15, 0.2) is 30.6 Å². The summed E-state index contributed by atoms with van der Waals surface area (Å²) >= 11 is 6.10. The number of aliphatic hydroxyl groups is 2. The van der Waals surface area contributed by atoms with Crippen LogP contribution >= 0.6 is 11.6 Å². The minimum absolute atomic E-state index is 0.0368. The average Bonchev–Trinajstić information content (AvgIpc) is 3.23. The van der Waals surface area contributed by atoms with Gasteiger partial charge in [0.1, 0.15) is 12.2 Å². The van der Waals surface area contributed by atoms with Crippen molar-refractivity contribution in [1.29, 1.82) is 0 Å². The Morgan fingerprint density at radius 1 is 1.28 bits per heavy atom. The second-order valence-electron chi connectivity index (χ2n) is 6.70. The van der Waals surface area contributed by atoms with Gasteiger partial charge in [0.2, 0.25) is 5.28 Å². The highest BCUT2D eigenvalue weighted by molar-refractivity contribution is 6.28. The van der Waals surface area contributed by atoms with Gasteiger partial charge in [-0.2, -0.15) is 9.97 Å². The Labute approximate surface area is 170 Å². The molecule has 3 aromatic rings. The second kappa shape index (κ2) is 7.56. The summed E-state index contributed by atoms with van der Waals surface area (Å²) in [6.45, 7) is 1.97. The Hall–Kier alpha value is -2.79. The van der Waals surface area contributed by atoms with Crippen LogP contribution in [0.5, 0.6) is 0 Å². The predicted octanol–water partition coefficient (Wildman–Crippen LogP) is 0.897. The number of rotatable bonds is 4. The van der Waals surface area contributed by atoms with E-state index in [4.69, 9.17) is 16.3 Å². The number of nitrogens with zero attached hydrogens (tertiary/aromatic N) is 4. The molecule has 29 heavy (non-hydrogen) atoms. The van der Waals surface area contributed by atoms with Gasteiger partial charge in [-0.05, 0) is 36.2 Å². The van der Waals surface area contributed by atoms with Crippen molar-refractivity contribution < 1.29 is 19.7 Å². The number of amides is 1. The maximum atomic E-state index is 11.9. The zero-order valence-corrected chi connectivity index (χ0v) is 16.3. The molecule has 11 heteroatoms. The quantitative estimate of drug-likeness (QED) is 0.459. The van der Waals surface area contributed by atoms with Gasteiger partial charge in [0.15, 0.2) is 29.3 Å². The number of carbonyl (C=O) groups is 1. The predicted molar refractivity (Wildman–Crippen MR) is 105 cm³/mol. The van der Waals surface area contributed by atoms with Crippen molar-refractivity contribution in [2.45, 2.75) is 31.5 Å². The van der Waals surface area contributed by atoms with Crippen molar-refractivity contribution in [3.8, 4) is 0 Å². The molecule has 2 aromatic heterocycles. The summed E-state index contributed by atoms with van der Waals surface area (Å²) in [7, 11) is 1.42. The van der Waals surface area contributed by atoms with Crippen LogP contribution in [0.25, 0.3) is 11.2 Å². The first-order chi connectivity index (χ1) is 13.9. The number of fused-ring (bicyclic) bond motifs is 1. The van der Waals surface area contributed by atoms with E-state index in [-0.39, 0.29) is 10.9 Å². The number of halogens is 1. The molecule has 0 radical (unpaired) electrons. The van der Waals surface area contributed by atoms with Crippen molar-refractivity contribution >= 4 is 40.2 Å². The van der Waals surface area contributed by atoms with Crippen LogP contribution in [0.1, 0.15) is 11.8 Å². The van der Waals surface area contributed by atoms with E-state index in [0.717, 1.165) is 11.3 Å². The monoisotopic (exact) mass is 418 g/mol. The number of aromatic nitrogens is 4. The SMILES string of the molecule is CNC(=O)[C@H]1O[C@@H](n2cnc3c(Nc4cccc(C)c4)nc(Cl)nc32)[C@H](O)[C@@H]1O. The minimum atomic E-state index is -1.40. The lowest BCUT2D eigenvalue weighted by Gasteiger charge is -2.16. The molecule has 0 spiro atoms. The molecular formula is C18H19ClN6O4. The molecule has 1 aliphatic rings. The van der Waals surface area contributed by atoms with E-state index < -0.39 is 30.4 Å². The van der Waals surface area contributed by atoms with E-state index >= 15 is 0 Å². The van der Waals surface area contributed by atoms with Crippen molar-refractivity contribution in [3.05, 3.63) is 41.4 Å². The van der Waals surface area contributed by atoms with Gasteiger partial charge in [-0.25, -0.2) is 4.98 Å². The number of likely N-dealkylation sites (N-methyl/N-ethyl adjacent to an activating group) is 1. The lowest BCUT2D eigenvalue weighted by atomic mass is 10.1. The molecule has 0 saturated carbocycles. The maximum absolute atomic E-state index is 11.9. The Morgan fingerprint density at radius 2 is 2.07 bits per heavy atom. The first kappa shape index (κ1) is 19.5. The second-order valence-corrected chi connectivity index (χ2v) is 7.04. The summed E-state index contributed by atoms with van der Waals surface area (Å²) in [5.41, 5.74) is 2.54. The number of ether oxygens (including phenoxy) is 1. The fourth-order valence-electron chi connectivity index (χ4n) is 3.27. The lowest BCUT2D eigenvalue weighted by Crippen LogP contribution is -2.41. The first-order valence-corrected chi connectivity index (χ1v) is 9.24. The Morgan fingerprint density at radius 3 is 2.79 bits per heavy atom. The van der Waals surface area contributed by atoms with Gasteiger partial charge in [-0.3, -0.25) is 9.36 Å². The summed E-state index contributed by atoms with van der Waals surface area (Å²) in [5.74, 6) is -0.168. The fourth-order valence-corrected chi connectivity index (χ4v) is 3.44. The van der Waals surface area contributed by atoms with Crippen LogP contribution in [0, 0.1) is 6.92 Å². The third-order valence-electron chi connectivity index (χ3n) is 4.69. The number of hydrogen-bond acceptors (Lipinski definition) is 8. The largest absolute Gasteiger partial charge is 0.387 e. The molecule has 4 atom stereocenters. The number of imidazole rings is 1. The van der Waals surface area contributed by atoms with Crippen molar-refractivity contribution in [1.82, 2.24) is 24.8 Å². The van der Waals surface area contributed by atoms with Gasteiger partial charge in [0.05, 0.1) is 6.33 Å². The zero-order chi connectivity index (χ0) is 20.7. The molecular weight excluding hydrogens is 400 g/mol. The van der Waals surface area contributed by atoms with E-state index in [0.29, 0.717) is 11.3 Å². The standard InChI is InChI=1S/C18H19ClN6O4/c1-8-4-3-5-9(6-8)22-14-10-15(24-18(19)23-14)25(7-21-10)17-12(27)11(26)13(29-17)16(28)20-2/h3-7,11-13,17,26-27H,1-2H3,(H,20,28)(H,22,23,24)/t11-,12+,13-,17+/m0/s1. The van der Waals surface area contributed by atoms with Crippen LogP contribution in [0.3, 0.4) is 0 Å². The Balaban J connectivity index is 1.72. The van der Waals surface area contributed by atoms with Crippen molar-refractivity contribution in [2.75, 3.05) is 12.4 Å². The third-order valence-corrected chi connectivity index (χ3v) is 4.86. The molecule has 1 aromatic carbocycles. The highest BCUT2D eigenvalue weighted by Crippen LogP contribution is 2.33. The van der Waals surface area contributed by atoms with Crippen molar-refractivity contribution in [2.24, 2.45) is 0 Å². The summed E-state index contributed by atoms with van der Waals surface area (Å²) in [6, 6.07) is 7.68. The van der Waals surface area contributed by atoms with Crippen molar-refractivity contribution in [3.63, 3.8) is 0 Å². The highest BCUT2D eigenvalue weighted by Gasteiger charge is 2.47. The molecule has 4 N–H and O–H groups in total. The molecule has 1 saturated heterocycles. The van der Waals surface area contributed by atoms with Gasteiger partial charge < -0.3 is 25.6 Å². The fraction of sp³-hybridized carbons (Fsp3) is 0.333. The van der Waals surface area contributed by atoms with Crippen LogP contribution in [-0.2, 0) is 9.53 Å². The number of anilines is 2. The maximum Gasteiger partial charge on any atom is 0.251 e. The lowest BCUT2D eigenvalue weighted by molar-refractivity contribution is -0.137. The van der Waals surface area contributed by atoms with E-state index in [1.807, 2.05) is 31.2 Å². The molecule has 0 bridgehead atoms. The number of benzene rings is 1. The number of hydrogen-bond donors (Lipinski definition) is 4. The highest BCUT2D eigenvalue weighted by atomic mass is 35.5. The Bertz CT molecular complexity index is 1070. The average molecular weight is 419 g/mol. The molecule has 152 valence electrons. The van der Waals surface area contributed by atoms with E-state index in [2.05, 4.69) is 25.6 Å². The van der Waals surface area contributed by atoms with Gasteiger partial charge in [0, 0.05) is 12.7 Å². The van der Waals surface area contributed by atoms with E-state index in [1.165, 1.54) is 17.9 Å². The van der Waals surface area contributed by atoms with Gasteiger partial charge >= 0.3 is 0 Å². The van der Waals surface area contributed by atoms with Gasteiger partial charge in [0.25, 0.3) is 5.91 Å². The summed E-state index contributed by atoms with van der Waals surface area (Å²) in [4.78, 5) is 24.6. The molecule has 0 aliphatic carbocycles. The number of carbonyl (C=O) groups excluding carboxylic acids is 1. The topological polar surface area (TPSA) is 134 Å². The number of aliphatic hydroxyl groups excluding tert-OH is 2. The van der Waals surface area contributed by atoms with Crippen LogP contribution in [0.2, 0.25) is 5.28 Å². The van der Waals surface area contributed by atoms with E-state index in [9.17, 15) is 15.0 Å². The third kappa shape index (κ3) is 3.51. The molecule has 10 nitrogen and oxygen atoms in total. The molecule has 4 rings (SSSR count). The van der Waals surface area contributed by atoms with Crippen LogP contribution < -0.4 is 10.6 Å². The number of nitrogens with one attached hydrogen (secondary N) is 2. The van der Waals surface area contributed by atoms with E-state index in [1.54, 1.807) is 0 Å². The van der Waals surface area contributed by atoms with Crippen LogP contribution in [-0.4, -0.2) is 61.0 Å². The first-order valence-electron chi connectivity index (χ1n) is 8.86. The summed E-state index contributed by atoms with van der Waals surface area (Å²) in [6.07, 6.45) is -3.67. The van der Waals surface area contributed by atoms with Gasteiger partial charge in [-0.15, -0.1) is 0 Å². The van der Waals surface area contributed by atoms with Crippen LogP contribution in [0.4, 0.5) is 11.5 Å². The summed E-state index contributed by atoms with van der Waals surface area (Å²) in [5, 5.41) is 26.1. The molecule has 0 unspecified atom stereocenters. The van der Waals surface area contributed by atoms with Gasteiger partial charge in [-0.1, -0.05) is 12.1 Å². The number of aryl methyl sites for hydroxylation is 1. The summed E-state index contributed by atoms with van der Waals surface area (Å²) < 4.78 is 7.01. The molecule has 1 amide bonds. The molecule has 1 fully saturated rings. The molecule has 1 aliphatic heterocycles. The smallest absolute Gasteiger partial charge is 0.251 e. The minimum Gasteiger partial charge on any atom is -0.387 e.